The third-order valence-electron chi connectivity index (χ3n) is 5.88. The van der Waals surface area contributed by atoms with E-state index in [0.29, 0.717) is 0 Å². The van der Waals surface area contributed by atoms with Crippen LogP contribution in [-0.2, 0) is 7.05 Å². The largest absolute Gasteiger partial charge is 0.404 e. The Kier molecular flexibility index (Phi) is 4.63. The fourth-order valence-electron chi connectivity index (χ4n) is 4.07. The average Bonchev–Trinajstić information content (AvgIpc) is 3.02. The van der Waals surface area contributed by atoms with Crippen LogP contribution in [0.4, 0.5) is 0 Å². The monoisotopic (exact) mass is 413 g/mol. The molecule has 1 aromatic carbocycles. The van der Waals surface area contributed by atoms with Gasteiger partial charge in [-0.3, -0.25) is 24.1 Å². The maximum Gasteiger partial charge on any atom is 0.329 e. The van der Waals surface area contributed by atoms with E-state index in [4.69, 9.17) is 5.73 Å². The highest BCUT2D eigenvalue weighted by Gasteiger charge is 2.25. The lowest BCUT2D eigenvalue weighted by molar-refractivity contribution is 0.342. The van der Waals surface area contributed by atoms with E-state index in [1.807, 2.05) is 35.0 Å². The highest BCUT2D eigenvalue weighted by molar-refractivity contribution is 6.09. The second-order valence-electron chi connectivity index (χ2n) is 7.69. The summed E-state index contributed by atoms with van der Waals surface area (Å²) in [5.74, 6) is 0. The van der Waals surface area contributed by atoms with Gasteiger partial charge in [0.1, 0.15) is 0 Å². The minimum atomic E-state index is -0.00841. The molecule has 3 N–H and O–H groups in total. The number of aliphatic imine (C=N–C) groups is 1. The molecule has 0 saturated carbocycles. The molecular weight excluding hydrogens is 390 g/mol. The van der Waals surface area contributed by atoms with Gasteiger partial charge in [0, 0.05) is 62.3 Å². The molecule has 31 heavy (non-hydrogen) atoms. The van der Waals surface area contributed by atoms with Gasteiger partial charge in [0.15, 0.2) is 0 Å². The Balaban J connectivity index is 1.67. The second kappa shape index (κ2) is 7.48. The number of nitrogens with two attached hydrogens (primary N) is 1. The van der Waals surface area contributed by atoms with Crippen molar-refractivity contribution in [1.29, 1.82) is 0 Å². The van der Waals surface area contributed by atoms with Crippen LogP contribution in [0.3, 0.4) is 0 Å². The number of fused-ring (bicyclic) bond motifs is 3. The highest BCUT2D eigenvalue weighted by atomic mass is 16.1. The zero-order valence-corrected chi connectivity index (χ0v) is 17.4. The van der Waals surface area contributed by atoms with Crippen LogP contribution in [-0.4, -0.2) is 45.5 Å². The lowest BCUT2D eigenvalue weighted by Gasteiger charge is -2.28. The van der Waals surface area contributed by atoms with Crippen LogP contribution in [0.1, 0.15) is 11.7 Å². The van der Waals surface area contributed by atoms with Crippen LogP contribution in [0.25, 0.3) is 38.6 Å². The molecule has 0 aliphatic carbocycles. The number of nitrogens with one attached hydrogen (secondary N) is 1. The first-order valence-electron chi connectivity index (χ1n) is 10.1. The zero-order valence-electron chi connectivity index (χ0n) is 17.4. The molecule has 3 aromatic heterocycles. The number of rotatable bonds is 4. The Hall–Kier alpha value is -3.78. The van der Waals surface area contributed by atoms with E-state index in [9.17, 15) is 4.79 Å². The van der Waals surface area contributed by atoms with Crippen molar-refractivity contribution in [1.82, 2.24) is 24.4 Å². The molecule has 0 bridgehead atoms. The summed E-state index contributed by atoms with van der Waals surface area (Å²) < 4.78 is 3.59. The summed E-state index contributed by atoms with van der Waals surface area (Å²) in [6.45, 7) is 1.60. The molecule has 4 heterocycles. The molecule has 1 aliphatic rings. The summed E-state index contributed by atoms with van der Waals surface area (Å²) in [5.41, 5.74) is 11.8. The highest BCUT2D eigenvalue weighted by Crippen LogP contribution is 2.30. The van der Waals surface area contributed by atoms with Gasteiger partial charge in [-0.05, 0) is 23.8 Å². The fraction of sp³-hybridized carbons (Fsp3) is 0.217. The summed E-state index contributed by atoms with van der Waals surface area (Å²) in [6.07, 6.45) is 6.79. The number of hydrogen-bond acceptors (Lipinski definition) is 6. The van der Waals surface area contributed by atoms with Crippen molar-refractivity contribution in [2.24, 2.45) is 17.8 Å². The summed E-state index contributed by atoms with van der Waals surface area (Å²) in [5, 5.41) is 4.22. The Labute approximate surface area is 178 Å². The minimum Gasteiger partial charge on any atom is -0.404 e. The first-order valence-corrected chi connectivity index (χ1v) is 10.1. The second-order valence-corrected chi connectivity index (χ2v) is 7.69. The van der Waals surface area contributed by atoms with Gasteiger partial charge in [-0.1, -0.05) is 12.1 Å². The van der Waals surface area contributed by atoms with E-state index in [-0.39, 0.29) is 11.7 Å². The Morgan fingerprint density at radius 1 is 1.19 bits per heavy atom. The third kappa shape index (κ3) is 3.03. The Morgan fingerprint density at radius 3 is 2.65 bits per heavy atom. The van der Waals surface area contributed by atoms with Crippen LogP contribution < -0.4 is 16.7 Å². The first kappa shape index (κ1) is 19.2. The van der Waals surface area contributed by atoms with Gasteiger partial charge >= 0.3 is 5.69 Å². The van der Waals surface area contributed by atoms with Crippen molar-refractivity contribution in [3.05, 3.63) is 65.1 Å². The number of pyridine rings is 2. The lowest BCUT2D eigenvalue weighted by atomic mass is 10.0. The van der Waals surface area contributed by atoms with Crippen LogP contribution in [0.2, 0.25) is 0 Å². The van der Waals surface area contributed by atoms with Crippen LogP contribution in [0.5, 0.6) is 0 Å². The molecule has 1 saturated heterocycles. The van der Waals surface area contributed by atoms with Crippen LogP contribution >= 0.6 is 0 Å². The molecule has 4 aromatic rings. The molecule has 8 heteroatoms. The van der Waals surface area contributed by atoms with Crippen molar-refractivity contribution in [3.63, 3.8) is 0 Å². The van der Waals surface area contributed by atoms with Crippen molar-refractivity contribution in [2.45, 2.75) is 6.04 Å². The van der Waals surface area contributed by atoms with Crippen molar-refractivity contribution in [2.75, 3.05) is 20.1 Å². The quantitative estimate of drug-likeness (QED) is 0.499. The van der Waals surface area contributed by atoms with E-state index in [2.05, 4.69) is 26.3 Å². The van der Waals surface area contributed by atoms with Crippen molar-refractivity contribution in [3.8, 4) is 11.1 Å². The van der Waals surface area contributed by atoms with Gasteiger partial charge in [-0.2, -0.15) is 0 Å². The van der Waals surface area contributed by atoms with Crippen LogP contribution in [0, 0.1) is 0 Å². The van der Waals surface area contributed by atoms with Crippen molar-refractivity contribution >= 4 is 33.7 Å². The molecule has 0 spiro atoms. The Morgan fingerprint density at radius 2 is 2.00 bits per heavy atom. The van der Waals surface area contributed by atoms with E-state index in [0.717, 1.165) is 57.4 Å². The first-order chi connectivity index (χ1) is 15.1. The molecule has 0 radical (unpaired) electrons. The van der Waals surface area contributed by atoms with Gasteiger partial charge in [0.2, 0.25) is 0 Å². The molecule has 156 valence electrons. The zero-order chi connectivity index (χ0) is 21.5. The minimum absolute atomic E-state index is 0.00841. The van der Waals surface area contributed by atoms with Crippen LogP contribution in [0.15, 0.2) is 58.7 Å². The molecule has 1 aliphatic heterocycles. The number of allylic oxidation sites excluding steroid dienone is 1. The number of aromatic nitrogens is 4. The van der Waals surface area contributed by atoms with Gasteiger partial charge in [-0.25, -0.2) is 4.79 Å². The number of nitrogens with zero attached hydrogens (tertiary/aromatic N) is 5. The molecule has 5 rings (SSSR count). The van der Waals surface area contributed by atoms with E-state index < -0.39 is 0 Å². The summed E-state index contributed by atoms with van der Waals surface area (Å²) in [4.78, 5) is 26.1. The summed E-state index contributed by atoms with van der Waals surface area (Å²) >= 11 is 0. The molecule has 8 nitrogen and oxygen atoms in total. The van der Waals surface area contributed by atoms with Gasteiger partial charge in [0.05, 0.1) is 34.5 Å². The molecule has 0 amide bonds. The molecule has 0 atom stereocenters. The standard InChI is InChI=1S/C23H23N7O/c1-25-9-16(8-24)19-5-4-15(10-27-19)14-3-6-20-18(7-14)22-21(13-28-20)29(2)23(31)30(22)17-11-26-12-17/h3-10,13,17,26H,11-12,24H2,1-2H3. The summed E-state index contributed by atoms with van der Waals surface area (Å²) in [6, 6.07) is 10.2. The number of imidazole rings is 1. The number of hydrogen-bond donors (Lipinski definition) is 2. The van der Waals surface area contributed by atoms with Gasteiger partial charge < -0.3 is 11.1 Å². The Bertz CT molecular complexity index is 1410. The van der Waals surface area contributed by atoms with E-state index >= 15 is 0 Å². The normalized spacial score (nSPS) is 15.2. The maximum atomic E-state index is 12.9. The summed E-state index contributed by atoms with van der Waals surface area (Å²) in [7, 11) is 3.50. The predicted molar refractivity (Wildman–Crippen MR) is 124 cm³/mol. The van der Waals surface area contributed by atoms with Gasteiger partial charge in [0.25, 0.3) is 0 Å². The van der Waals surface area contributed by atoms with E-state index in [1.165, 1.54) is 6.20 Å². The number of benzene rings is 1. The SMILES string of the molecule is CN=CC(=CN)c1ccc(-c2ccc3ncc4c(c3c2)n(C2CNC2)c(=O)n4C)cn1. The molecule has 1 fully saturated rings. The number of aryl methyl sites for hydroxylation is 1. The molecular formula is C23H23N7O. The third-order valence-corrected chi connectivity index (χ3v) is 5.88. The van der Waals surface area contributed by atoms with Gasteiger partial charge in [-0.15, -0.1) is 0 Å². The molecule has 0 unspecified atom stereocenters. The average molecular weight is 413 g/mol. The fourth-order valence-corrected chi connectivity index (χ4v) is 4.07. The predicted octanol–water partition coefficient (Wildman–Crippen LogP) is 2.09. The maximum absolute atomic E-state index is 12.9. The van der Waals surface area contributed by atoms with Crippen molar-refractivity contribution < 1.29 is 0 Å². The topological polar surface area (TPSA) is 103 Å². The smallest absolute Gasteiger partial charge is 0.329 e. The lowest BCUT2D eigenvalue weighted by Crippen LogP contribution is -2.46. The van der Waals surface area contributed by atoms with E-state index in [1.54, 1.807) is 31.1 Å².